The summed E-state index contributed by atoms with van der Waals surface area (Å²) in [7, 11) is 3.08. The zero-order valence-electron chi connectivity index (χ0n) is 16.4. The summed E-state index contributed by atoms with van der Waals surface area (Å²) in [5.74, 6) is 0.225. The molecule has 2 atom stereocenters. The second-order valence-corrected chi connectivity index (χ2v) is 9.62. The molecule has 25 heavy (non-hydrogen) atoms. The molecule has 138 valence electrons. The number of hydrogen-bond acceptors (Lipinski definition) is 4. The molecular weight excluding hydrogens is 337 g/mol. The Balaban J connectivity index is 3.00. The number of fused-ring (bicyclic) bond motifs is 1. The Labute approximate surface area is 152 Å². The fourth-order valence-electron chi connectivity index (χ4n) is 3.82. The molecule has 0 amide bonds. The van der Waals surface area contributed by atoms with Crippen molar-refractivity contribution in [2.75, 3.05) is 13.0 Å². The van der Waals surface area contributed by atoms with E-state index in [1.165, 1.54) is 0 Å². The van der Waals surface area contributed by atoms with Gasteiger partial charge in [0, 0.05) is 16.9 Å². The molecule has 0 aromatic heterocycles. The van der Waals surface area contributed by atoms with E-state index >= 15 is 0 Å². The SMILES string of the molecule is [B]C1(N(CO)S(C)(=O)=O)c2c(C)c(C)c(C)c(C)c2OC(C)(C)C1C. The summed E-state index contributed by atoms with van der Waals surface area (Å²) >= 11 is 0. The standard InChI is InChI=1S/C18H28BNO4S/c1-10-11(2)13(4)16-15(12(10)3)18(19,14(5)17(6,7)24-16)20(9-21)25(8,22)23/h14,21H,9H2,1-8H3. The molecule has 0 spiro atoms. The van der Waals surface area contributed by atoms with Gasteiger partial charge >= 0.3 is 0 Å². The van der Waals surface area contributed by atoms with E-state index in [9.17, 15) is 13.5 Å². The first-order valence-electron chi connectivity index (χ1n) is 8.38. The van der Waals surface area contributed by atoms with Crippen LogP contribution in [-0.2, 0) is 15.5 Å². The number of nitrogens with zero attached hydrogens (tertiary/aromatic N) is 1. The van der Waals surface area contributed by atoms with E-state index in [0.29, 0.717) is 11.3 Å². The van der Waals surface area contributed by atoms with Crippen LogP contribution in [-0.4, -0.2) is 44.3 Å². The molecule has 1 aliphatic rings. The number of hydrogen-bond donors (Lipinski definition) is 1. The Morgan fingerprint density at radius 1 is 1.12 bits per heavy atom. The quantitative estimate of drug-likeness (QED) is 0.659. The van der Waals surface area contributed by atoms with Crippen molar-refractivity contribution in [3.8, 4) is 5.75 Å². The lowest BCUT2D eigenvalue weighted by Gasteiger charge is -2.55. The van der Waals surface area contributed by atoms with Crippen LogP contribution in [0.25, 0.3) is 0 Å². The van der Waals surface area contributed by atoms with Crippen molar-refractivity contribution >= 4 is 17.9 Å². The van der Waals surface area contributed by atoms with Crippen molar-refractivity contribution in [2.24, 2.45) is 5.92 Å². The Morgan fingerprint density at radius 3 is 2.04 bits per heavy atom. The molecule has 2 rings (SSSR count). The average molecular weight is 365 g/mol. The van der Waals surface area contributed by atoms with Gasteiger partial charge in [-0.1, -0.05) is 6.92 Å². The van der Waals surface area contributed by atoms with E-state index in [2.05, 4.69) is 0 Å². The Hall–Kier alpha value is -1.05. The Bertz CT molecular complexity index is 819. The molecule has 0 saturated heterocycles. The van der Waals surface area contributed by atoms with Crippen LogP contribution in [0, 0.1) is 33.6 Å². The van der Waals surface area contributed by atoms with E-state index in [4.69, 9.17) is 12.6 Å². The molecule has 1 aromatic carbocycles. The number of sulfonamides is 1. The predicted molar refractivity (Wildman–Crippen MR) is 100 cm³/mol. The molecule has 0 saturated carbocycles. The fourth-order valence-corrected chi connectivity index (χ4v) is 4.83. The lowest BCUT2D eigenvalue weighted by Crippen LogP contribution is -2.62. The average Bonchev–Trinajstić information content (AvgIpc) is 2.47. The molecule has 0 aliphatic carbocycles. The van der Waals surface area contributed by atoms with Gasteiger partial charge in [-0.25, -0.2) is 8.42 Å². The van der Waals surface area contributed by atoms with Gasteiger partial charge in [-0.05, 0) is 63.8 Å². The lowest BCUT2D eigenvalue weighted by molar-refractivity contribution is -0.0375. The number of aliphatic hydroxyl groups excluding tert-OH is 1. The van der Waals surface area contributed by atoms with Crippen molar-refractivity contribution in [2.45, 2.75) is 59.5 Å². The second kappa shape index (κ2) is 6.00. The van der Waals surface area contributed by atoms with Gasteiger partial charge in [0.15, 0.2) is 0 Å². The highest BCUT2D eigenvalue weighted by Gasteiger charge is 2.55. The monoisotopic (exact) mass is 365 g/mol. The van der Waals surface area contributed by atoms with E-state index in [1.807, 2.05) is 48.5 Å². The van der Waals surface area contributed by atoms with Crippen LogP contribution in [0.5, 0.6) is 5.75 Å². The molecule has 1 heterocycles. The molecule has 2 unspecified atom stereocenters. The third-order valence-corrected chi connectivity index (χ3v) is 7.26. The number of rotatable bonds is 3. The first-order chi connectivity index (χ1) is 11.2. The van der Waals surface area contributed by atoms with Gasteiger partial charge in [0.05, 0.1) is 6.26 Å². The molecular formula is C18H28BNO4S. The summed E-state index contributed by atoms with van der Waals surface area (Å²) in [5, 5.41) is 9.90. The molecule has 5 nitrogen and oxygen atoms in total. The van der Waals surface area contributed by atoms with Gasteiger partial charge in [0.2, 0.25) is 10.0 Å². The molecule has 7 heteroatoms. The summed E-state index contributed by atoms with van der Waals surface area (Å²) in [4.78, 5) is 0. The minimum Gasteiger partial charge on any atom is -0.487 e. The van der Waals surface area contributed by atoms with E-state index in [-0.39, 0.29) is 0 Å². The Morgan fingerprint density at radius 2 is 1.60 bits per heavy atom. The maximum atomic E-state index is 12.4. The first kappa shape index (κ1) is 20.3. The Kier molecular flexibility index (Phi) is 4.86. The molecule has 1 aromatic rings. The third kappa shape index (κ3) is 2.80. The van der Waals surface area contributed by atoms with Crippen LogP contribution in [0.15, 0.2) is 0 Å². The van der Waals surface area contributed by atoms with Crippen LogP contribution in [0.2, 0.25) is 0 Å². The topological polar surface area (TPSA) is 66.8 Å². The third-order valence-electron chi connectivity index (χ3n) is 6.04. The second-order valence-electron chi connectivity index (χ2n) is 7.71. The van der Waals surface area contributed by atoms with E-state index in [1.54, 1.807) is 0 Å². The van der Waals surface area contributed by atoms with Gasteiger partial charge in [-0.3, -0.25) is 0 Å². The molecule has 0 fully saturated rings. The van der Waals surface area contributed by atoms with Gasteiger partial charge in [0.1, 0.15) is 25.9 Å². The van der Waals surface area contributed by atoms with Crippen LogP contribution in [0.1, 0.15) is 48.6 Å². The minimum atomic E-state index is -3.75. The molecule has 1 aliphatic heterocycles. The smallest absolute Gasteiger partial charge is 0.213 e. The molecule has 0 bridgehead atoms. The highest BCUT2D eigenvalue weighted by molar-refractivity contribution is 7.88. The van der Waals surface area contributed by atoms with Gasteiger partial charge < -0.3 is 9.84 Å². The first-order valence-corrected chi connectivity index (χ1v) is 10.2. The van der Waals surface area contributed by atoms with Crippen LogP contribution >= 0.6 is 0 Å². The van der Waals surface area contributed by atoms with Crippen LogP contribution in [0.3, 0.4) is 0 Å². The molecule has 2 radical (unpaired) electrons. The predicted octanol–water partition coefficient (Wildman–Crippen LogP) is 2.26. The van der Waals surface area contributed by atoms with Crippen molar-refractivity contribution < 1.29 is 18.3 Å². The van der Waals surface area contributed by atoms with Crippen molar-refractivity contribution in [3.63, 3.8) is 0 Å². The summed E-state index contributed by atoms with van der Waals surface area (Å²) < 4.78 is 32.1. The zero-order chi connectivity index (χ0) is 19.5. The summed E-state index contributed by atoms with van der Waals surface area (Å²) in [5.41, 5.74) is 2.50. The highest BCUT2D eigenvalue weighted by Crippen LogP contribution is 2.53. The lowest BCUT2D eigenvalue weighted by atomic mass is 9.57. The maximum Gasteiger partial charge on any atom is 0.213 e. The van der Waals surface area contributed by atoms with E-state index < -0.39 is 33.7 Å². The van der Waals surface area contributed by atoms with Crippen molar-refractivity contribution in [3.05, 3.63) is 27.8 Å². The fraction of sp³-hybridized carbons (Fsp3) is 0.667. The number of benzene rings is 1. The largest absolute Gasteiger partial charge is 0.487 e. The number of aliphatic hydroxyl groups is 1. The van der Waals surface area contributed by atoms with Crippen molar-refractivity contribution in [1.29, 1.82) is 0 Å². The van der Waals surface area contributed by atoms with Gasteiger partial charge in [-0.15, -0.1) is 0 Å². The highest BCUT2D eigenvalue weighted by atomic mass is 32.2. The van der Waals surface area contributed by atoms with Crippen molar-refractivity contribution in [1.82, 2.24) is 4.31 Å². The van der Waals surface area contributed by atoms with Gasteiger partial charge in [-0.2, -0.15) is 4.31 Å². The van der Waals surface area contributed by atoms with Crippen LogP contribution in [0.4, 0.5) is 0 Å². The maximum absolute atomic E-state index is 12.4. The van der Waals surface area contributed by atoms with E-state index in [0.717, 1.165) is 32.8 Å². The van der Waals surface area contributed by atoms with Crippen LogP contribution < -0.4 is 4.74 Å². The molecule has 1 N–H and O–H groups in total. The normalized spacial score (nSPS) is 25.6. The summed E-state index contributed by atoms with van der Waals surface area (Å²) in [6, 6.07) is 0. The summed E-state index contributed by atoms with van der Waals surface area (Å²) in [6.07, 6.45) is 1.07. The minimum absolute atomic E-state index is 0.394. The zero-order valence-corrected chi connectivity index (χ0v) is 17.2. The summed E-state index contributed by atoms with van der Waals surface area (Å²) in [6.45, 7) is 12.8. The number of ether oxygens (including phenoxy) is 1. The van der Waals surface area contributed by atoms with Gasteiger partial charge in [0.25, 0.3) is 0 Å².